The summed E-state index contributed by atoms with van der Waals surface area (Å²) >= 11 is 6.05. The van der Waals surface area contributed by atoms with Crippen molar-refractivity contribution in [2.45, 2.75) is 31.1 Å². The van der Waals surface area contributed by atoms with E-state index >= 15 is 0 Å². The van der Waals surface area contributed by atoms with Crippen molar-refractivity contribution in [3.05, 3.63) is 0 Å². The molecule has 5 heteroatoms. The lowest BCUT2D eigenvalue weighted by atomic mass is 10.0. The van der Waals surface area contributed by atoms with Gasteiger partial charge in [-0.25, -0.2) is 0 Å². The standard InChI is InChI=1S/C11H20N2S3/c1-3-11(2)8-16-10(13-11)12-6-9-7-14-4-5-15-9/h9H,3-8H2,1-2H3,(H,12,13). The molecule has 0 amide bonds. The van der Waals surface area contributed by atoms with Crippen LogP contribution in [0.15, 0.2) is 4.99 Å². The average molecular weight is 276 g/mol. The molecule has 0 aromatic heterocycles. The molecular weight excluding hydrogens is 256 g/mol. The number of thioether (sulfide) groups is 3. The molecule has 1 N–H and O–H groups in total. The maximum Gasteiger partial charge on any atom is 0.157 e. The largest absolute Gasteiger partial charge is 0.359 e. The summed E-state index contributed by atoms with van der Waals surface area (Å²) < 4.78 is 0. The highest BCUT2D eigenvalue weighted by Crippen LogP contribution is 2.27. The van der Waals surface area contributed by atoms with E-state index < -0.39 is 0 Å². The van der Waals surface area contributed by atoms with Gasteiger partial charge in [0.05, 0.1) is 6.54 Å². The molecule has 2 nitrogen and oxygen atoms in total. The summed E-state index contributed by atoms with van der Waals surface area (Å²) in [5.41, 5.74) is 0.276. The third-order valence-corrected chi connectivity index (χ3v) is 7.15. The van der Waals surface area contributed by atoms with E-state index in [-0.39, 0.29) is 5.54 Å². The van der Waals surface area contributed by atoms with Crippen molar-refractivity contribution in [2.75, 3.05) is 29.6 Å². The summed E-state index contributed by atoms with van der Waals surface area (Å²) in [4.78, 5) is 4.72. The van der Waals surface area contributed by atoms with Crippen LogP contribution in [0, 0.1) is 0 Å². The molecule has 0 bridgehead atoms. The van der Waals surface area contributed by atoms with Gasteiger partial charge in [0.25, 0.3) is 0 Å². The van der Waals surface area contributed by atoms with Gasteiger partial charge in [0.15, 0.2) is 5.17 Å². The van der Waals surface area contributed by atoms with Crippen LogP contribution in [0.25, 0.3) is 0 Å². The van der Waals surface area contributed by atoms with Crippen LogP contribution in [0.3, 0.4) is 0 Å². The Bertz CT molecular complexity index is 264. The molecule has 0 spiro atoms. The van der Waals surface area contributed by atoms with Crippen LogP contribution in [0.2, 0.25) is 0 Å². The highest BCUT2D eigenvalue weighted by Gasteiger charge is 2.30. The molecule has 2 atom stereocenters. The summed E-state index contributed by atoms with van der Waals surface area (Å²) in [5, 5.41) is 5.46. The maximum absolute atomic E-state index is 4.72. The van der Waals surface area contributed by atoms with Crippen LogP contribution in [0.4, 0.5) is 0 Å². The second-order valence-electron chi connectivity index (χ2n) is 4.54. The van der Waals surface area contributed by atoms with Crippen molar-refractivity contribution in [1.29, 1.82) is 0 Å². The van der Waals surface area contributed by atoms with E-state index in [0.717, 1.165) is 17.5 Å². The van der Waals surface area contributed by atoms with Crippen LogP contribution in [-0.4, -0.2) is 45.5 Å². The van der Waals surface area contributed by atoms with Crippen LogP contribution in [0.5, 0.6) is 0 Å². The van der Waals surface area contributed by atoms with E-state index in [0.29, 0.717) is 0 Å². The Morgan fingerprint density at radius 1 is 1.50 bits per heavy atom. The molecule has 0 saturated carbocycles. The van der Waals surface area contributed by atoms with Crippen molar-refractivity contribution < 1.29 is 0 Å². The number of nitrogens with zero attached hydrogens (tertiary/aromatic N) is 1. The minimum Gasteiger partial charge on any atom is -0.359 e. The lowest BCUT2D eigenvalue weighted by molar-refractivity contribution is 0.466. The topological polar surface area (TPSA) is 24.4 Å². The predicted octanol–water partition coefficient (Wildman–Crippen LogP) is 2.70. The molecule has 2 aliphatic heterocycles. The number of nitrogens with one attached hydrogen (secondary N) is 1. The van der Waals surface area contributed by atoms with Gasteiger partial charge in [0.1, 0.15) is 0 Å². The molecule has 2 heterocycles. The van der Waals surface area contributed by atoms with Crippen molar-refractivity contribution in [2.24, 2.45) is 4.99 Å². The van der Waals surface area contributed by atoms with E-state index in [1.807, 2.05) is 11.8 Å². The average Bonchev–Trinajstić information content (AvgIpc) is 2.71. The molecule has 16 heavy (non-hydrogen) atoms. The van der Waals surface area contributed by atoms with Crippen molar-refractivity contribution in [3.8, 4) is 0 Å². The summed E-state index contributed by atoms with van der Waals surface area (Å²) in [6.07, 6.45) is 1.17. The Balaban J connectivity index is 1.80. The number of hydrogen-bond donors (Lipinski definition) is 1. The predicted molar refractivity (Wildman–Crippen MR) is 80.2 cm³/mol. The molecule has 0 aliphatic carbocycles. The molecule has 92 valence electrons. The van der Waals surface area contributed by atoms with Gasteiger partial charge in [-0.05, 0) is 13.3 Å². The fourth-order valence-corrected chi connectivity index (χ4v) is 5.45. The van der Waals surface area contributed by atoms with Crippen LogP contribution < -0.4 is 5.32 Å². The number of hydrogen-bond acceptors (Lipinski definition) is 4. The second-order valence-corrected chi connectivity index (χ2v) is 8.06. The summed E-state index contributed by atoms with van der Waals surface area (Å²) in [5.74, 6) is 5.05. The minimum atomic E-state index is 0.276. The molecule has 2 unspecified atom stereocenters. The van der Waals surface area contributed by atoms with E-state index in [1.165, 1.54) is 28.8 Å². The zero-order valence-electron chi connectivity index (χ0n) is 9.99. The van der Waals surface area contributed by atoms with Gasteiger partial charge < -0.3 is 5.32 Å². The van der Waals surface area contributed by atoms with Gasteiger partial charge in [0.2, 0.25) is 0 Å². The summed E-state index contributed by atoms with van der Waals surface area (Å²) in [7, 11) is 0. The van der Waals surface area contributed by atoms with Crippen LogP contribution >= 0.6 is 35.3 Å². The molecule has 0 aromatic rings. The number of aliphatic imine (C=N–C) groups is 1. The Morgan fingerprint density at radius 2 is 2.38 bits per heavy atom. The Labute approximate surface area is 111 Å². The normalized spacial score (nSPS) is 37.6. The first-order valence-electron chi connectivity index (χ1n) is 5.87. The van der Waals surface area contributed by atoms with Crippen LogP contribution in [0.1, 0.15) is 20.3 Å². The number of rotatable bonds is 3. The monoisotopic (exact) mass is 276 g/mol. The highest BCUT2D eigenvalue weighted by atomic mass is 32.2. The van der Waals surface area contributed by atoms with Crippen LogP contribution in [-0.2, 0) is 0 Å². The highest BCUT2D eigenvalue weighted by molar-refractivity contribution is 8.14. The zero-order valence-corrected chi connectivity index (χ0v) is 12.4. The van der Waals surface area contributed by atoms with E-state index in [1.54, 1.807) is 0 Å². The fourth-order valence-electron chi connectivity index (χ4n) is 1.66. The summed E-state index contributed by atoms with van der Waals surface area (Å²) in [6, 6.07) is 0. The van der Waals surface area contributed by atoms with Gasteiger partial charge in [-0.15, -0.1) is 0 Å². The van der Waals surface area contributed by atoms with Gasteiger partial charge in [-0.3, -0.25) is 4.99 Å². The molecular formula is C11H20N2S3. The first-order valence-corrected chi connectivity index (χ1v) is 9.05. The molecule has 0 aromatic carbocycles. The van der Waals surface area contributed by atoms with Crippen molar-refractivity contribution in [1.82, 2.24) is 5.32 Å². The SMILES string of the molecule is CCC1(C)CSC(=NCC2CSCCS2)N1. The molecule has 2 fully saturated rings. The first-order chi connectivity index (χ1) is 7.72. The van der Waals surface area contributed by atoms with E-state index in [2.05, 4.69) is 42.7 Å². The van der Waals surface area contributed by atoms with E-state index in [4.69, 9.17) is 4.99 Å². The van der Waals surface area contributed by atoms with Gasteiger partial charge in [0, 0.05) is 33.8 Å². The maximum atomic E-state index is 4.72. The second kappa shape index (κ2) is 5.91. The van der Waals surface area contributed by atoms with Gasteiger partial charge in [-0.2, -0.15) is 23.5 Å². The molecule has 0 radical (unpaired) electrons. The lowest BCUT2D eigenvalue weighted by Gasteiger charge is -2.21. The van der Waals surface area contributed by atoms with Crippen molar-refractivity contribution in [3.63, 3.8) is 0 Å². The van der Waals surface area contributed by atoms with Crippen molar-refractivity contribution >= 4 is 40.5 Å². The fraction of sp³-hybridized carbons (Fsp3) is 0.909. The minimum absolute atomic E-state index is 0.276. The Kier molecular flexibility index (Phi) is 4.79. The zero-order chi connectivity index (χ0) is 11.4. The smallest absolute Gasteiger partial charge is 0.157 e. The first kappa shape index (κ1) is 13.0. The van der Waals surface area contributed by atoms with Gasteiger partial charge in [-0.1, -0.05) is 18.7 Å². The molecule has 2 saturated heterocycles. The molecule has 2 rings (SSSR count). The molecule has 2 aliphatic rings. The van der Waals surface area contributed by atoms with E-state index in [9.17, 15) is 0 Å². The third-order valence-electron chi connectivity index (χ3n) is 3.04. The van der Waals surface area contributed by atoms with Gasteiger partial charge >= 0.3 is 0 Å². The third kappa shape index (κ3) is 3.50. The quantitative estimate of drug-likeness (QED) is 0.856. The Morgan fingerprint density at radius 3 is 3.00 bits per heavy atom. The lowest BCUT2D eigenvalue weighted by Crippen LogP contribution is -2.39. The Hall–Kier alpha value is 0.520. The summed E-state index contributed by atoms with van der Waals surface area (Å²) in [6.45, 7) is 5.52. The number of amidine groups is 1.